The number of aryl methyl sites for hydroxylation is 1. The maximum Gasteiger partial charge on any atom is 0.251 e. The highest BCUT2D eigenvalue weighted by Gasteiger charge is 2.29. The van der Waals surface area contributed by atoms with E-state index in [1.54, 1.807) is 13.0 Å². The number of sulfonamides is 1. The van der Waals surface area contributed by atoms with Gasteiger partial charge in [-0.2, -0.15) is 0 Å². The monoisotopic (exact) mass is 360 g/mol. The number of carbonyl (C=O) groups is 1. The highest BCUT2D eigenvalue weighted by molar-refractivity contribution is 7.91. The van der Waals surface area contributed by atoms with Crippen LogP contribution in [0.2, 0.25) is 0 Å². The lowest BCUT2D eigenvalue weighted by molar-refractivity contribution is 0.0941. The van der Waals surface area contributed by atoms with Crippen LogP contribution in [0.3, 0.4) is 0 Å². The summed E-state index contributed by atoms with van der Waals surface area (Å²) in [7, 11) is -3.90. The largest absolute Gasteiger partial charge is 0.348 e. The molecule has 1 amide bonds. The first-order valence-electron chi connectivity index (χ1n) is 7.07. The van der Waals surface area contributed by atoms with Crippen LogP contribution in [0, 0.1) is 6.92 Å². The minimum absolute atomic E-state index is 0.0616. The zero-order chi connectivity index (χ0) is 17.4. The Balaban J connectivity index is 2.26. The summed E-state index contributed by atoms with van der Waals surface area (Å²) >= 11 is 0. The van der Waals surface area contributed by atoms with Crippen LogP contribution in [0.5, 0.6) is 0 Å². The smallest absolute Gasteiger partial charge is 0.251 e. The molecular formula is C14H20N2O5S2. The number of benzene rings is 1. The summed E-state index contributed by atoms with van der Waals surface area (Å²) in [6.07, 6.45) is 0.378. The second-order valence-electron chi connectivity index (χ2n) is 5.84. The number of sulfone groups is 1. The van der Waals surface area contributed by atoms with Crippen LogP contribution in [0.15, 0.2) is 23.1 Å². The first kappa shape index (κ1) is 17.9. The van der Waals surface area contributed by atoms with Crippen molar-refractivity contribution in [2.24, 2.45) is 0 Å². The number of carbonyl (C=O) groups excluding carboxylic acids is 1. The Morgan fingerprint density at radius 1 is 1.30 bits per heavy atom. The van der Waals surface area contributed by atoms with Gasteiger partial charge in [-0.3, -0.25) is 4.79 Å². The molecule has 1 aromatic carbocycles. The van der Waals surface area contributed by atoms with Crippen LogP contribution in [0.25, 0.3) is 0 Å². The molecule has 1 unspecified atom stereocenters. The number of amides is 1. The molecule has 0 aliphatic carbocycles. The highest BCUT2D eigenvalue weighted by Crippen LogP contribution is 2.20. The molecule has 1 fully saturated rings. The average Bonchev–Trinajstić information content (AvgIpc) is 2.77. The SMILES string of the molecule is Cc1ccc(C(=O)NC2CCS(=O)(=O)C2)cc1S(=O)(=O)N(C)C. The Morgan fingerprint density at radius 3 is 2.48 bits per heavy atom. The fourth-order valence-electron chi connectivity index (χ4n) is 2.39. The van der Waals surface area contributed by atoms with E-state index >= 15 is 0 Å². The van der Waals surface area contributed by atoms with Gasteiger partial charge in [0.15, 0.2) is 9.84 Å². The van der Waals surface area contributed by atoms with Crippen molar-refractivity contribution in [1.29, 1.82) is 0 Å². The van der Waals surface area contributed by atoms with E-state index in [0.717, 1.165) is 4.31 Å². The maximum atomic E-state index is 12.3. The third kappa shape index (κ3) is 3.91. The molecule has 23 heavy (non-hydrogen) atoms. The van der Waals surface area contributed by atoms with Gasteiger partial charge < -0.3 is 5.32 Å². The standard InChI is InChI=1S/C14H20N2O5S2/c1-10-4-5-11(8-13(10)23(20,21)16(2)3)14(17)15-12-6-7-22(18,19)9-12/h4-5,8,12H,6-7,9H2,1-3H3,(H,15,17). The van der Waals surface area contributed by atoms with E-state index in [-0.39, 0.29) is 22.0 Å². The number of nitrogens with zero attached hydrogens (tertiary/aromatic N) is 1. The minimum Gasteiger partial charge on any atom is -0.348 e. The van der Waals surface area contributed by atoms with Gasteiger partial charge in [-0.1, -0.05) is 6.07 Å². The summed E-state index contributed by atoms with van der Waals surface area (Å²) in [5.41, 5.74) is 0.735. The summed E-state index contributed by atoms with van der Waals surface area (Å²) in [5.74, 6) is -0.484. The molecule has 0 saturated carbocycles. The van der Waals surface area contributed by atoms with Gasteiger partial charge in [-0.15, -0.1) is 0 Å². The van der Waals surface area contributed by atoms with E-state index in [1.807, 2.05) is 0 Å². The van der Waals surface area contributed by atoms with Crippen molar-refractivity contribution >= 4 is 25.8 Å². The van der Waals surface area contributed by atoms with Crippen LogP contribution < -0.4 is 5.32 Å². The van der Waals surface area contributed by atoms with Crippen molar-refractivity contribution in [3.05, 3.63) is 29.3 Å². The van der Waals surface area contributed by atoms with Crippen LogP contribution >= 0.6 is 0 Å². The molecule has 2 rings (SSSR count). The third-order valence-electron chi connectivity index (χ3n) is 3.78. The molecule has 7 nitrogen and oxygen atoms in total. The highest BCUT2D eigenvalue weighted by atomic mass is 32.2. The molecule has 1 saturated heterocycles. The number of nitrogens with one attached hydrogen (secondary N) is 1. The van der Waals surface area contributed by atoms with Crippen molar-refractivity contribution in [3.63, 3.8) is 0 Å². The molecule has 1 N–H and O–H groups in total. The number of rotatable bonds is 4. The van der Waals surface area contributed by atoms with E-state index in [2.05, 4.69) is 5.32 Å². The van der Waals surface area contributed by atoms with Crippen LogP contribution in [0.1, 0.15) is 22.3 Å². The molecule has 0 radical (unpaired) electrons. The van der Waals surface area contributed by atoms with Gasteiger partial charge in [-0.05, 0) is 31.0 Å². The van der Waals surface area contributed by atoms with Gasteiger partial charge in [0.1, 0.15) is 0 Å². The maximum absolute atomic E-state index is 12.3. The van der Waals surface area contributed by atoms with Gasteiger partial charge >= 0.3 is 0 Å². The third-order valence-corrected chi connectivity index (χ3v) is 7.50. The number of hydrogen-bond donors (Lipinski definition) is 1. The lowest BCUT2D eigenvalue weighted by atomic mass is 10.1. The Bertz CT molecular complexity index is 829. The molecule has 128 valence electrons. The Kier molecular flexibility index (Phi) is 4.84. The van der Waals surface area contributed by atoms with Crippen molar-refractivity contribution in [3.8, 4) is 0 Å². The summed E-state index contributed by atoms with van der Waals surface area (Å²) in [5, 5.41) is 2.65. The summed E-state index contributed by atoms with van der Waals surface area (Å²) in [6.45, 7) is 1.65. The summed E-state index contributed by atoms with van der Waals surface area (Å²) in [6, 6.07) is 3.99. The predicted octanol–water partition coefficient (Wildman–Crippen LogP) is 0.162. The Labute approximate surface area is 136 Å². The van der Waals surface area contributed by atoms with Crippen LogP contribution in [0.4, 0.5) is 0 Å². The Hall–Kier alpha value is -1.45. The van der Waals surface area contributed by atoms with Crippen molar-refractivity contribution < 1.29 is 21.6 Å². The molecule has 0 bridgehead atoms. The molecule has 0 spiro atoms. The molecule has 1 aliphatic rings. The van der Waals surface area contributed by atoms with E-state index in [9.17, 15) is 21.6 Å². The minimum atomic E-state index is -3.65. The molecule has 9 heteroatoms. The molecule has 1 heterocycles. The predicted molar refractivity (Wildman–Crippen MR) is 86.6 cm³/mol. The van der Waals surface area contributed by atoms with Gasteiger partial charge in [0.05, 0.1) is 16.4 Å². The lowest BCUT2D eigenvalue weighted by Gasteiger charge is -2.15. The van der Waals surface area contributed by atoms with Gasteiger partial charge in [0.2, 0.25) is 10.0 Å². The van der Waals surface area contributed by atoms with Crippen molar-refractivity contribution in [2.75, 3.05) is 25.6 Å². The second-order valence-corrected chi connectivity index (χ2v) is 10.2. The lowest BCUT2D eigenvalue weighted by Crippen LogP contribution is -2.35. The molecule has 1 atom stereocenters. The fourth-order valence-corrected chi connectivity index (χ4v) is 5.21. The van der Waals surface area contributed by atoms with Gasteiger partial charge in [-0.25, -0.2) is 21.1 Å². The van der Waals surface area contributed by atoms with E-state index < -0.39 is 31.8 Å². The summed E-state index contributed by atoms with van der Waals surface area (Å²) in [4.78, 5) is 12.3. The van der Waals surface area contributed by atoms with Crippen molar-refractivity contribution in [1.82, 2.24) is 9.62 Å². The fraction of sp³-hybridized carbons (Fsp3) is 0.500. The zero-order valence-corrected chi connectivity index (χ0v) is 14.9. The van der Waals surface area contributed by atoms with Crippen molar-refractivity contribution in [2.45, 2.75) is 24.3 Å². The normalized spacial score (nSPS) is 20.6. The van der Waals surface area contributed by atoms with Gasteiger partial charge in [0, 0.05) is 25.7 Å². The topological polar surface area (TPSA) is 101 Å². The molecule has 0 aromatic heterocycles. The quantitative estimate of drug-likeness (QED) is 0.824. The molecular weight excluding hydrogens is 340 g/mol. The van der Waals surface area contributed by atoms with E-state index in [1.165, 1.54) is 26.2 Å². The first-order valence-corrected chi connectivity index (χ1v) is 10.3. The summed E-state index contributed by atoms with van der Waals surface area (Å²) < 4.78 is 48.5. The Morgan fingerprint density at radius 2 is 1.96 bits per heavy atom. The first-order chi connectivity index (χ1) is 10.5. The van der Waals surface area contributed by atoms with Gasteiger partial charge in [0.25, 0.3) is 5.91 Å². The van der Waals surface area contributed by atoms with Crippen LogP contribution in [-0.4, -0.2) is 58.7 Å². The van der Waals surface area contributed by atoms with E-state index in [4.69, 9.17) is 0 Å². The van der Waals surface area contributed by atoms with E-state index in [0.29, 0.717) is 12.0 Å². The zero-order valence-electron chi connectivity index (χ0n) is 13.2. The molecule has 1 aliphatic heterocycles. The second kappa shape index (κ2) is 6.21. The number of hydrogen-bond acceptors (Lipinski definition) is 5. The molecule has 1 aromatic rings. The average molecular weight is 360 g/mol. The van der Waals surface area contributed by atoms with Crippen LogP contribution in [-0.2, 0) is 19.9 Å².